The highest BCUT2D eigenvalue weighted by Crippen LogP contribution is 2.43. The second-order valence-corrected chi connectivity index (χ2v) is 11.4. The fourth-order valence-electron chi connectivity index (χ4n) is 3.97. The monoisotopic (exact) mass is 505 g/mol. The van der Waals surface area contributed by atoms with Crippen molar-refractivity contribution in [3.63, 3.8) is 0 Å². The Labute approximate surface area is 210 Å². The highest BCUT2D eigenvalue weighted by atomic mass is 31.2. The van der Waals surface area contributed by atoms with E-state index in [1.807, 2.05) is 60.7 Å². The molecule has 0 aliphatic carbocycles. The van der Waals surface area contributed by atoms with Crippen LogP contribution in [0.4, 0.5) is 0 Å². The van der Waals surface area contributed by atoms with Gasteiger partial charge in [-0.2, -0.15) is 0 Å². The molecular formula is C27H40NO6P. The van der Waals surface area contributed by atoms with Gasteiger partial charge in [-0.1, -0.05) is 60.7 Å². The number of benzene rings is 2. The Morgan fingerprint density at radius 3 is 1.34 bits per heavy atom. The van der Waals surface area contributed by atoms with E-state index in [0.717, 1.165) is 36.7 Å². The summed E-state index contributed by atoms with van der Waals surface area (Å²) < 4.78 is 42.3. The largest absolute Gasteiger partial charge is 0.378 e. The predicted molar refractivity (Wildman–Crippen MR) is 140 cm³/mol. The van der Waals surface area contributed by atoms with Crippen LogP contribution in [0, 0.1) is 0 Å². The van der Waals surface area contributed by atoms with Crippen molar-refractivity contribution in [2.24, 2.45) is 0 Å². The Kier molecular flexibility index (Phi) is 13.6. The van der Waals surface area contributed by atoms with E-state index in [0.29, 0.717) is 72.2 Å². The number of ether oxygens (including phenoxy) is 5. The molecule has 3 rings (SSSR count). The lowest BCUT2D eigenvalue weighted by Gasteiger charge is -2.24. The minimum Gasteiger partial charge on any atom is -0.378 e. The molecule has 1 fully saturated rings. The molecule has 0 atom stereocenters. The van der Waals surface area contributed by atoms with Gasteiger partial charge in [0, 0.05) is 29.9 Å². The van der Waals surface area contributed by atoms with Gasteiger partial charge in [0.15, 0.2) is 0 Å². The molecule has 0 N–H and O–H groups in total. The highest BCUT2D eigenvalue weighted by molar-refractivity contribution is 7.78. The summed E-state index contributed by atoms with van der Waals surface area (Å²) >= 11 is 0. The molecule has 0 amide bonds. The average molecular weight is 506 g/mol. The molecule has 194 valence electrons. The van der Waals surface area contributed by atoms with Crippen LogP contribution in [0.5, 0.6) is 0 Å². The molecule has 0 spiro atoms. The van der Waals surface area contributed by atoms with Crippen molar-refractivity contribution in [3.05, 3.63) is 60.7 Å². The van der Waals surface area contributed by atoms with Gasteiger partial charge in [0.05, 0.1) is 66.1 Å². The molecule has 1 saturated heterocycles. The molecule has 8 heteroatoms. The first-order chi connectivity index (χ1) is 17.3. The smallest absolute Gasteiger partial charge is 0.143 e. The van der Waals surface area contributed by atoms with Crippen LogP contribution in [-0.4, -0.2) is 96.8 Å². The van der Waals surface area contributed by atoms with Crippen LogP contribution < -0.4 is 10.6 Å². The number of hydrogen-bond acceptors (Lipinski definition) is 7. The third kappa shape index (κ3) is 10.5. The van der Waals surface area contributed by atoms with Crippen molar-refractivity contribution in [1.82, 2.24) is 4.90 Å². The van der Waals surface area contributed by atoms with E-state index in [2.05, 4.69) is 4.90 Å². The Balaban J connectivity index is 1.54. The van der Waals surface area contributed by atoms with Gasteiger partial charge in [-0.25, -0.2) is 0 Å². The molecule has 1 aliphatic heterocycles. The van der Waals surface area contributed by atoms with E-state index < -0.39 is 7.14 Å². The van der Waals surface area contributed by atoms with Gasteiger partial charge in [0.1, 0.15) is 7.14 Å². The summed E-state index contributed by atoms with van der Waals surface area (Å²) in [5.41, 5.74) is 0. The SMILES string of the molecule is O=P(CCCN1CCOCCOCCOCCOCCOCC1)(c1ccccc1)c1ccccc1. The zero-order valence-corrected chi connectivity index (χ0v) is 21.6. The van der Waals surface area contributed by atoms with Crippen LogP contribution in [0.25, 0.3) is 0 Å². The Morgan fingerprint density at radius 1 is 0.571 bits per heavy atom. The first kappa shape index (κ1) is 28.0. The molecule has 0 unspecified atom stereocenters. The quantitative estimate of drug-likeness (QED) is 0.560. The summed E-state index contributed by atoms with van der Waals surface area (Å²) in [5, 5.41) is 1.84. The predicted octanol–water partition coefficient (Wildman–Crippen LogP) is 2.79. The molecule has 1 heterocycles. The lowest BCUT2D eigenvalue weighted by Crippen LogP contribution is -2.33. The number of hydrogen-bond donors (Lipinski definition) is 0. The molecule has 2 aromatic carbocycles. The molecule has 35 heavy (non-hydrogen) atoms. The highest BCUT2D eigenvalue weighted by Gasteiger charge is 2.26. The Morgan fingerprint density at radius 2 is 0.943 bits per heavy atom. The van der Waals surface area contributed by atoms with Crippen LogP contribution >= 0.6 is 7.14 Å². The summed E-state index contributed by atoms with van der Waals surface area (Å²) in [6, 6.07) is 19.8. The summed E-state index contributed by atoms with van der Waals surface area (Å²) in [7, 11) is -2.70. The zero-order chi connectivity index (χ0) is 24.4. The molecule has 0 bridgehead atoms. The fourth-order valence-corrected chi connectivity index (χ4v) is 6.68. The number of rotatable bonds is 6. The van der Waals surface area contributed by atoms with Gasteiger partial charge < -0.3 is 28.2 Å². The van der Waals surface area contributed by atoms with E-state index in [-0.39, 0.29) is 0 Å². The zero-order valence-electron chi connectivity index (χ0n) is 20.7. The minimum absolute atomic E-state index is 0.556. The first-order valence-electron chi connectivity index (χ1n) is 12.6. The van der Waals surface area contributed by atoms with E-state index >= 15 is 0 Å². The van der Waals surface area contributed by atoms with Crippen LogP contribution in [0.3, 0.4) is 0 Å². The third-order valence-corrected chi connectivity index (χ3v) is 9.10. The summed E-state index contributed by atoms with van der Waals surface area (Å²) in [4.78, 5) is 2.33. The fraction of sp³-hybridized carbons (Fsp3) is 0.556. The summed E-state index contributed by atoms with van der Waals surface area (Å²) in [6.45, 7) is 8.14. The molecule has 0 radical (unpaired) electrons. The molecule has 1 aliphatic rings. The topological polar surface area (TPSA) is 66.5 Å². The van der Waals surface area contributed by atoms with Gasteiger partial charge in [-0.3, -0.25) is 4.90 Å². The lowest BCUT2D eigenvalue weighted by molar-refractivity contribution is -0.0185. The Hall–Kier alpha value is -1.57. The van der Waals surface area contributed by atoms with Crippen molar-refractivity contribution in [2.75, 3.05) is 91.9 Å². The summed E-state index contributed by atoms with van der Waals surface area (Å²) in [6.07, 6.45) is 1.45. The van der Waals surface area contributed by atoms with Crippen LogP contribution in [0.2, 0.25) is 0 Å². The van der Waals surface area contributed by atoms with Crippen LogP contribution in [0.1, 0.15) is 6.42 Å². The molecule has 7 nitrogen and oxygen atoms in total. The van der Waals surface area contributed by atoms with E-state index in [1.54, 1.807) is 0 Å². The third-order valence-electron chi connectivity index (χ3n) is 5.89. The van der Waals surface area contributed by atoms with E-state index in [1.165, 1.54) is 0 Å². The van der Waals surface area contributed by atoms with E-state index in [9.17, 15) is 4.57 Å². The van der Waals surface area contributed by atoms with Gasteiger partial charge >= 0.3 is 0 Å². The number of nitrogens with zero attached hydrogens (tertiary/aromatic N) is 1. The van der Waals surface area contributed by atoms with Crippen LogP contribution in [0.15, 0.2) is 60.7 Å². The van der Waals surface area contributed by atoms with Gasteiger partial charge in [-0.15, -0.1) is 0 Å². The van der Waals surface area contributed by atoms with Gasteiger partial charge in [0.25, 0.3) is 0 Å². The van der Waals surface area contributed by atoms with Crippen molar-refractivity contribution in [1.29, 1.82) is 0 Å². The molecule has 0 saturated carbocycles. The summed E-state index contributed by atoms with van der Waals surface area (Å²) in [5.74, 6) is 0. The van der Waals surface area contributed by atoms with Gasteiger partial charge in [-0.05, 0) is 13.0 Å². The first-order valence-corrected chi connectivity index (χ1v) is 14.5. The molecule has 2 aromatic rings. The van der Waals surface area contributed by atoms with E-state index in [4.69, 9.17) is 23.7 Å². The van der Waals surface area contributed by atoms with Crippen molar-refractivity contribution >= 4 is 17.8 Å². The maximum absolute atomic E-state index is 14.2. The standard InChI is InChI=1S/C27H40NO6P/c29-35(26-8-3-1-4-9-26,27-10-5-2-6-11-27)25-7-12-28-13-15-30-17-19-32-21-23-34-24-22-33-20-18-31-16-14-28/h1-6,8-11H,7,12-25H2. The normalized spacial score (nSPS) is 19.0. The minimum atomic E-state index is -2.70. The second-order valence-electron chi connectivity index (χ2n) is 8.39. The maximum atomic E-state index is 14.2. The molecular weight excluding hydrogens is 465 g/mol. The second kappa shape index (κ2) is 17.0. The van der Waals surface area contributed by atoms with Crippen molar-refractivity contribution < 1.29 is 28.2 Å². The van der Waals surface area contributed by atoms with Crippen LogP contribution in [-0.2, 0) is 28.2 Å². The van der Waals surface area contributed by atoms with Crippen molar-refractivity contribution in [3.8, 4) is 0 Å². The lowest BCUT2D eigenvalue weighted by atomic mass is 10.4. The van der Waals surface area contributed by atoms with Crippen molar-refractivity contribution in [2.45, 2.75) is 6.42 Å². The average Bonchev–Trinajstić information content (AvgIpc) is 2.90. The van der Waals surface area contributed by atoms with Gasteiger partial charge in [0.2, 0.25) is 0 Å². The molecule has 0 aromatic heterocycles. The maximum Gasteiger partial charge on any atom is 0.143 e. The Bertz CT molecular complexity index is 777.